The lowest BCUT2D eigenvalue weighted by molar-refractivity contribution is -0.160. The Morgan fingerprint density at radius 3 is 2.77 bits per heavy atom. The van der Waals surface area contributed by atoms with Gasteiger partial charge in [0.1, 0.15) is 5.69 Å². The van der Waals surface area contributed by atoms with Crippen molar-refractivity contribution in [2.45, 2.75) is 19.1 Å². The molecule has 2 heterocycles. The summed E-state index contributed by atoms with van der Waals surface area (Å²) in [6, 6.07) is 11.0. The number of benzene rings is 1. The highest BCUT2D eigenvalue weighted by Crippen LogP contribution is 2.17. The van der Waals surface area contributed by atoms with E-state index in [2.05, 4.69) is 4.98 Å². The highest BCUT2D eigenvalue weighted by molar-refractivity contribution is 5.95. The van der Waals surface area contributed by atoms with Gasteiger partial charge >= 0.3 is 5.97 Å². The largest absolute Gasteiger partial charge is 0.479 e. The first kappa shape index (κ1) is 14.5. The Bertz CT molecular complexity index is 731. The van der Waals surface area contributed by atoms with Crippen LogP contribution < -0.4 is 0 Å². The molecule has 0 bridgehead atoms. The van der Waals surface area contributed by atoms with Gasteiger partial charge in [0.05, 0.1) is 18.2 Å². The Labute approximate surface area is 127 Å². The molecule has 0 spiro atoms. The third kappa shape index (κ3) is 2.78. The molecular formula is C16H16N2O4. The number of carbonyl (C=O) groups excluding carboxylic acids is 1. The first-order chi connectivity index (χ1) is 10.5. The van der Waals surface area contributed by atoms with Gasteiger partial charge in [-0.05, 0) is 19.1 Å². The first-order valence-corrected chi connectivity index (χ1v) is 7.08. The number of aromatic nitrogens is 1. The van der Waals surface area contributed by atoms with E-state index in [1.165, 1.54) is 4.90 Å². The highest BCUT2D eigenvalue weighted by Gasteiger charge is 2.33. The van der Waals surface area contributed by atoms with Gasteiger partial charge in [-0.3, -0.25) is 4.79 Å². The van der Waals surface area contributed by atoms with Gasteiger partial charge in [-0.1, -0.05) is 24.3 Å². The lowest BCUT2D eigenvalue weighted by Crippen LogP contribution is -2.51. The number of hydrogen-bond acceptors (Lipinski definition) is 4. The van der Waals surface area contributed by atoms with Crippen LogP contribution in [0.4, 0.5) is 0 Å². The summed E-state index contributed by atoms with van der Waals surface area (Å²) in [4.78, 5) is 29.5. The van der Waals surface area contributed by atoms with Crippen LogP contribution in [0.1, 0.15) is 17.4 Å². The number of ether oxygens (including phenoxy) is 1. The second-order valence-corrected chi connectivity index (χ2v) is 5.37. The SMILES string of the molecule is C[C@@H]1CN(C(=O)c2ccc3ccccc3n2)CC(C(=O)O)O1. The zero-order valence-electron chi connectivity index (χ0n) is 12.1. The Morgan fingerprint density at radius 1 is 1.23 bits per heavy atom. The van der Waals surface area contributed by atoms with Gasteiger partial charge in [0.2, 0.25) is 0 Å². The predicted octanol–water partition coefficient (Wildman–Crippen LogP) is 1.55. The van der Waals surface area contributed by atoms with Gasteiger partial charge < -0.3 is 14.7 Å². The molecule has 6 nitrogen and oxygen atoms in total. The van der Waals surface area contributed by atoms with Crippen molar-refractivity contribution in [3.05, 3.63) is 42.1 Å². The van der Waals surface area contributed by atoms with Crippen LogP contribution in [0.3, 0.4) is 0 Å². The van der Waals surface area contributed by atoms with Crippen molar-refractivity contribution < 1.29 is 19.4 Å². The minimum absolute atomic E-state index is 0.0347. The molecule has 1 aromatic carbocycles. The monoisotopic (exact) mass is 300 g/mol. The molecule has 1 aromatic heterocycles. The van der Waals surface area contributed by atoms with Crippen LogP contribution in [-0.4, -0.2) is 52.2 Å². The summed E-state index contributed by atoms with van der Waals surface area (Å²) >= 11 is 0. The quantitative estimate of drug-likeness (QED) is 0.910. The molecule has 1 fully saturated rings. The summed E-state index contributed by atoms with van der Waals surface area (Å²) in [6.45, 7) is 2.15. The number of carboxylic acid groups (broad SMARTS) is 1. The van der Waals surface area contributed by atoms with Crippen molar-refractivity contribution in [3.63, 3.8) is 0 Å². The van der Waals surface area contributed by atoms with Crippen LogP contribution in [0.2, 0.25) is 0 Å². The number of morpholine rings is 1. The number of pyridine rings is 1. The molecule has 1 aliphatic heterocycles. The minimum Gasteiger partial charge on any atom is -0.479 e. The fourth-order valence-corrected chi connectivity index (χ4v) is 2.60. The van der Waals surface area contributed by atoms with E-state index in [1.807, 2.05) is 30.3 Å². The molecule has 1 aliphatic rings. The summed E-state index contributed by atoms with van der Waals surface area (Å²) in [5.74, 6) is -1.33. The zero-order valence-corrected chi connectivity index (χ0v) is 12.1. The fraction of sp³-hybridized carbons (Fsp3) is 0.312. The number of fused-ring (bicyclic) bond motifs is 1. The molecule has 114 valence electrons. The van der Waals surface area contributed by atoms with Gasteiger partial charge in [-0.15, -0.1) is 0 Å². The maximum atomic E-state index is 12.6. The van der Waals surface area contributed by atoms with E-state index in [0.29, 0.717) is 12.2 Å². The van der Waals surface area contributed by atoms with Crippen LogP contribution in [0.15, 0.2) is 36.4 Å². The van der Waals surface area contributed by atoms with Crippen molar-refractivity contribution in [1.29, 1.82) is 0 Å². The lowest BCUT2D eigenvalue weighted by atomic mass is 10.1. The summed E-state index contributed by atoms with van der Waals surface area (Å²) in [6.07, 6.45) is -1.31. The summed E-state index contributed by atoms with van der Waals surface area (Å²) in [5, 5.41) is 10.0. The molecule has 1 N–H and O–H groups in total. The van der Waals surface area contributed by atoms with Crippen molar-refractivity contribution >= 4 is 22.8 Å². The van der Waals surface area contributed by atoms with E-state index in [0.717, 1.165) is 10.9 Å². The van der Waals surface area contributed by atoms with Crippen LogP contribution >= 0.6 is 0 Å². The standard InChI is InChI=1S/C16H16N2O4/c1-10-8-18(9-14(22-10)16(20)21)15(19)13-7-6-11-4-2-3-5-12(11)17-13/h2-7,10,14H,8-9H2,1H3,(H,20,21)/t10-,14?/m1/s1. The number of aliphatic carboxylic acids is 1. The average Bonchev–Trinajstić information content (AvgIpc) is 2.53. The van der Waals surface area contributed by atoms with Crippen molar-refractivity contribution in [2.75, 3.05) is 13.1 Å². The van der Waals surface area contributed by atoms with E-state index in [9.17, 15) is 9.59 Å². The number of nitrogens with zero attached hydrogens (tertiary/aromatic N) is 2. The van der Waals surface area contributed by atoms with Crippen molar-refractivity contribution in [1.82, 2.24) is 9.88 Å². The topological polar surface area (TPSA) is 79.7 Å². The highest BCUT2D eigenvalue weighted by atomic mass is 16.5. The van der Waals surface area contributed by atoms with Gasteiger partial charge in [-0.25, -0.2) is 9.78 Å². The maximum Gasteiger partial charge on any atom is 0.334 e. The molecule has 2 atom stereocenters. The van der Waals surface area contributed by atoms with Gasteiger partial charge in [0.15, 0.2) is 6.10 Å². The zero-order chi connectivity index (χ0) is 15.7. The smallest absolute Gasteiger partial charge is 0.334 e. The molecule has 0 radical (unpaired) electrons. The molecular weight excluding hydrogens is 284 g/mol. The number of para-hydroxylation sites is 1. The molecule has 6 heteroatoms. The molecule has 3 rings (SSSR count). The summed E-state index contributed by atoms with van der Waals surface area (Å²) < 4.78 is 5.32. The average molecular weight is 300 g/mol. The van der Waals surface area contributed by atoms with E-state index in [4.69, 9.17) is 9.84 Å². The minimum atomic E-state index is -1.06. The molecule has 2 aromatic rings. The first-order valence-electron chi connectivity index (χ1n) is 7.08. The lowest BCUT2D eigenvalue weighted by Gasteiger charge is -2.34. The van der Waals surface area contributed by atoms with E-state index >= 15 is 0 Å². The summed E-state index contributed by atoms with van der Waals surface area (Å²) in [7, 11) is 0. The van der Waals surface area contributed by atoms with Crippen LogP contribution in [0.25, 0.3) is 10.9 Å². The Hall–Kier alpha value is -2.47. The van der Waals surface area contributed by atoms with Crippen molar-refractivity contribution in [3.8, 4) is 0 Å². The number of rotatable bonds is 2. The van der Waals surface area contributed by atoms with E-state index in [1.54, 1.807) is 13.0 Å². The third-order valence-corrected chi connectivity index (χ3v) is 3.64. The molecule has 1 amide bonds. The maximum absolute atomic E-state index is 12.6. The number of amides is 1. The normalized spacial score (nSPS) is 21.8. The molecule has 0 saturated carbocycles. The molecule has 0 aliphatic carbocycles. The van der Waals surface area contributed by atoms with Crippen LogP contribution in [0, 0.1) is 0 Å². The number of carboxylic acids is 1. The Kier molecular flexibility index (Phi) is 3.77. The fourth-order valence-electron chi connectivity index (χ4n) is 2.60. The molecule has 1 saturated heterocycles. The predicted molar refractivity (Wildman–Crippen MR) is 79.6 cm³/mol. The second kappa shape index (κ2) is 5.73. The van der Waals surface area contributed by atoms with Gasteiger partial charge in [-0.2, -0.15) is 0 Å². The van der Waals surface area contributed by atoms with Crippen LogP contribution in [-0.2, 0) is 9.53 Å². The third-order valence-electron chi connectivity index (χ3n) is 3.64. The van der Waals surface area contributed by atoms with Crippen LogP contribution in [0.5, 0.6) is 0 Å². The molecule has 1 unspecified atom stereocenters. The van der Waals surface area contributed by atoms with E-state index < -0.39 is 12.1 Å². The Morgan fingerprint density at radius 2 is 2.00 bits per heavy atom. The number of hydrogen-bond donors (Lipinski definition) is 1. The Balaban J connectivity index is 1.86. The number of carbonyl (C=O) groups is 2. The van der Waals surface area contributed by atoms with E-state index in [-0.39, 0.29) is 18.6 Å². The van der Waals surface area contributed by atoms with Gasteiger partial charge in [0, 0.05) is 11.9 Å². The van der Waals surface area contributed by atoms with Gasteiger partial charge in [0.25, 0.3) is 5.91 Å². The second-order valence-electron chi connectivity index (χ2n) is 5.37. The van der Waals surface area contributed by atoms with Crippen molar-refractivity contribution in [2.24, 2.45) is 0 Å². The molecule has 22 heavy (non-hydrogen) atoms. The summed E-state index contributed by atoms with van der Waals surface area (Å²) in [5.41, 5.74) is 1.06.